The van der Waals surface area contributed by atoms with Crippen LogP contribution in [0.4, 0.5) is 8.78 Å². The highest BCUT2D eigenvalue weighted by Crippen LogP contribution is 2.21. The van der Waals surface area contributed by atoms with Gasteiger partial charge in [-0.2, -0.15) is 5.26 Å². The van der Waals surface area contributed by atoms with Gasteiger partial charge < -0.3 is 0 Å². The fourth-order valence-corrected chi connectivity index (χ4v) is 1.87. The van der Waals surface area contributed by atoms with E-state index in [1.54, 1.807) is 0 Å². The Labute approximate surface area is 115 Å². The largest absolute Gasteiger partial charge is 0.294 e. The average Bonchev–Trinajstić information content (AvgIpc) is 2.46. The highest BCUT2D eigenvalue weighted by molar-refractivity contribution is 5.96. The molecule has 100 valence electrons. The number of carbonyl (C=O) groups is 1. The lowest BCUT2D eigenvalue weighted by Gasteiger charge is -2.08. The first-order chi connectivity index (χ1) is 9.60. The van der Waals surface area contributed by atoms with E-state index in [0.29, 0.717) is 11.1 Å². The minimum atomic E-state index is -0.645. The van der Waals surface area contributed by atoms with E-state index < -0.39 is 17.6 Å². The zero-order valence-electron chi connectivity index (χ0n) is 10.5. The molecule has 4 heteroatoms. The van der Waals surface area contributed by atoms with Crippen LogP contribution in [-0.2, 0) is 0 Å². The third-order valence-corrected chi connectivity index (χ3v) is 2.98. The number of nitrogens with zero attached hydrogens (tertiary/aromatic N) is 1. The van der Waals surface area contributed by atoms with Gasteiger partial charge in [-0.15, -0.1) is 0 Å². The van der Waals surface area contributed by atoms with Crippen LogP contribution in [0, 0.1) is 23.0 Å². The molecule has 0 heterocycles. The van der Waals surface area contributed by atoms with Gasteiger partial charge in [0.05, 0.1) is 12.0 Å². The molecule has 20 heavy (non-hydrogen) atoms. The lowest BCUT2D eigenvalue weighted by molar-refractivity contribution is 0.0979. The molecule has 0 aliphatic heterocycles. The summed E-state index contributed by atoms with van der Waals surface area (Å²) in [5, 5.41) is 9.13. The van der Waals surface area contributed by atoms with Gasteiger partial charge in [0.15, 0.2) is 5.78 Å². The molecular weight excluding hydrogens is 260 g/mol. The van der Waals surface area contributed by atoms with Gasteiger partial charge in [0.2, 0.25) is 0 Å². The van der Waals surface area contributed by atoms with Gasteiger partial charge in [0, 0.05) is 12.0 Å². The summed E-state index contributed by atoms with van der Waals surface area (Å²) >= 11 is 0. The maximum Gasteiger partial charge on any atom is 0.164 e. The summed E-state index contributed by atoms with van der Waals surface area (Å²) in [6, 6.07) is 12.7. The molecule has 1 atom stereocenters. The second-order valence-corrected chi connectivity index (χ2v) is 4.37. The Bertz CT molecular complexity index is 642. The van der Waals surface area contributed by atoms with Crippen LogP contribution < -0.4 is 0 Å². The highest BCUT2D eigenvalue weighted by Gasteiger charge is 2.17. The van der Waals surface area contributed by atoms with Gasteiger partial charge in [-0.05, 0) is 42.0 Å². The number of benzene rings is 2. The topological polar surface area (TPSA) is 40.9 Å². The second-order valence-electron chi connectivity index (χ2n) is 4.37. The molecule has 0 amide bonds. The lowest BCUT2D eigenvalue weighted by Crippen LogP contribution is -2.06. The van der Waals surface area contributed by atoms with Crippen LogP contribution in [0.1, 0.15) is 28.3 Å². The SMILES string of the molecule is N#CC(CC(=O)c1ccc(F)cc1)c1ccc(F)cc1. The summed E-state index contributed by atoms with van der Waals surface area (Å²) in [6.45, 7) is 0. The Morgan fingerprint density at radius 3 is 2.00 bits per heavy atom. The van der Waals surface area contributed by atoms with Gasteiger partial charge in [-0.3, -0.25) is 4.79 Å². The van der Waals surface area contributed by atoms with Crippen molar-refractivity contribution in [1.29, 1.82) is 5.26 Å². The Hall–Kier alpha value is -2.54. The first-order valence-corrected chi connectivity index (χ1v) is 6.04. The third kappa shape index (κ3) is 3.27. The van der Waals surface area contributed by atoms with Gasteiger partial charge in [-0.25, -0.2) is 8.78 Å². The molecule has 2 rings (SSSR count). The van der Waals surface area contributed by atoms with E-state index in [1.807, 2.05) is 6.07 Å². The van der Waals surface area contributed by atoms with Crippen molar-refractivity contribution < 1.29 is 13.6 Å². The molecule has 0 saturated heterocycles. The number of hydrogen-bond donors (Lipinski definition) is 0. The Balaban J connectivity index is 2.14. The van der Waals surface area contributed by atoms with Crippen molar-refractivity contribution in [2.24, 2.45) is 0 Å². The normalized spacial score (nSPS) is 11.7. The molecule has 2 nitrogen and oxygen atoms in total. The van der Waals surface area contributed by atoms with Crippen LogP contribution in [-0.4, -0.2) is 5.78 Å². The molecule has 1 unspecified atom stereocenters. The fraction of sp³-hybridized carbons (Fsp3) is 0.125. The van der Waals surface area contributed by atoms with E-state index >= 15 is 0 Å². The Morgan fingerprint density at radius 1 is 1.00 bits per heavy atom. The molecule has 0 fully saturated rings. The van der Waals surface area contributed by atoms with Gasteiger partial charge >= 0.3 is 0 Å². The molecular formula is C16H11F2NO. The summed E-state index contributed by atoms with van der Waals surface area (Å²) in [4.78, 5) is 12.0. The van der Waals surface area contributed by atoms with Crippen LogP contribution in [0.15, 0.2) is 48.5 Å². The maximum atomic E-state index is 12.8. The number of nitriles is 1. The standard InChI is InChI=1S/C16H11F2NO/c17-14-5-1-11(2-6-14)13(10-19)9-16(20)12-3-7-15(18)8-4-12/h1-8,13H,9H2. The first kappa shape index (κ1) is 13.9. The van der Waals surface area contributed by atoms with E-state index in [9.17, 15) is 13.6 Å². The number of rotatable bonds is 4. The van der Waals surface area contributed by atoms with Gasteiger partial charge in [-0.1, -0.05) is 12.1 Å². The first-order valence-electron chi connectivity index (χ1n) is 6.04. The molecule has 0 aromatic heterocycles. The van der Waals surface area contributed by atoms with Crippen molar-refractivity contribution in [3.63, 3.8) is 0 Å². The molecule has 2 aromatic carbocycles. The zero-order chi connectivity index (χ0) is 14.5. The van der Waals surface area contributed by atoms with Crippen molar-refractivity contribution in [3.8, 4) is 6.07 Å². The van der Waals surface area contributed by atoms with Crippen molar-refractivity contribution >= 4 is 5.78 Å². The predicted molar refractivity (Wildman–Crippen MR) is 70.1 cm³/mol. The summed E-state index contributed by atoms with van der Waals surface area (Å²) in [5.41, 5.74) is 0.943. The third-order valence-electron chi connectivity index (χ3n) is 2.98. The highest BCUT2D eigenvalue weighted by atomic mass is 19.1. The maximum absolute atomic E-state index is 12.8. The number of halogens is 2. The summed E-state index contributed by atoms with van der Waals surface area (Å²) in [7, 11) is 0. The molecule has 0 aliphatic carbocycles. The van der Waals surface area contributed by atoms with E-state index in [1.165, 1.54) is 48.5 Å². The monoisotopic (exact) mass is 271 g/mol. The fourth-order valence-electron chi connectivity index (χ4n) is 1.87. The van der Waals surface area contributed by atoms with E-state index in [0.717, 1.165) is 0 Å². The van der Waals surface area contributed by atoms with Crippen molar-refractivity contribution in [2.45, 2.75) is 12.3 Å². The minimum Gasteiger partial charge on any atom is -0.294 e. The van der Waals surface area contributed by atoms with E-state index in [4.69, 9.17) is 5.26 Å². The Kier molecular flexibility index (Phi) is 4.21. The number of Topliss-reactive ketones (excluding diaryl/α,β-unsaturated/α-hetero) is 1. The minimum absolute atomic E-state index is 0.0201. The van der Waals surface area contributed by atoms with Crippen molar-refractivity contribution in [1.82, 2.24) is 0 Å². The quantitative estimate of drug-likeness (QED) is 0.792. The van der Waals surface area contributed by atoms with Crippen LogP contribution in [0.25, 0.3) is 0 Å². The molecule has 2 aromatic rings. The second kappa shape index (κ2) is 6.07. The molecule has 0 N–H and O–H groups in total. The van der Waals surface area contributed by atoms with Crippen LogP contribution in [0.2, 0.25) is 0 Å². The van der Waals surface area contributed by atoms with Crippen molar-refractivity contribution in [3.05, 3.63) is 71.3 Å². The van der Waals surface area contributed by atoms with Crippen LogP contribution in [0.3, 0.4) is 0 Å². The van der Waals surface area contributed by atoms with Crippen molar-refractivity contribution in [2.75, 3.05) is 0 Å². The van der Waals surface area contributed by atoms with Gasteiger partial charge in [0.1, 0.15) is 11.6 Å². The van der Waals surface area contributed by atoms with E-state index in [2.05, 4.69) is 0 Å². The van der Waals surface area contributed by atoms with Crippen LogP contribution in [0.5, 0.6) is 0 Å². The molecule has 0 radical (unpaired) electrons. The smallest absolute Gasteiger partial charge is 0.164 e. The zero-order valence-corrected chi connectivity index (χ0v) is 10.5. The summed E-state index contributed by atoms with van der Waals surface area (Å²) < 4.78 is 25.6. The number of ketones is 1. The van der Waals surface area contributed by atoms with Gasteiger partial charge in [0.25, 0.3) is 0 Å². The lowest BCUT2D eigenvalue weighted by atomic mass is 9.93. The predicted octanol–water partition coefficient (Wildman–Crippen LogP) is 3.84. The number of carbonyl (C=O) groups excluding carboxylic acids is 1. The molecule has 0 saturated carbocycles. The molecule has 0 bridgehead atoms. The summed E-state index contributed by atoms with van der Waals surface area (Å²) in [5.74, 6) is -1.71. The Morgan fingerprint density at radius 2 is 1.50 bits per heavy atom. The molecule has 0 aliphatic rings. The average molecular weight is 271 g/mol. The van der Waals surface area contributed by atoms with E-state index in [-0.39, 0.29) is 12.2 Å². The summed E-state index contributed by atoms with van der Waals surface area (Å²) in [6.07, 6.45) is -0.0201. The molecule has 0 spiro atoms. The van der Waals surface area contributed by atoms with Crippen LogP contribution >= 0.6 is 0 Å². The number of hydrogen-bond acceptors (Lipinski definition) is 2.